The Bertz CT molecular complexity index is 980. The standard InChI is InChI=1S/C16H10N2O5/c19-14(8-3-10-1-5-12(6-2-10)18(21)22)11-4-7-13-15(9-11)23-16(20)17-13/h1-9H,(H,17,20)/b8-3+. The van der Waals surface area contributed by atoms with Crippen molar-refractivity contribution in [1.82, 2.24) is 4.98 Å². The molecule has 0 spiro atoms. The van der Waals surface area contributed by atoms with E-state index in [1.807, 2.05) is 0 Å². The number of aromatic amines is 1. The number of fused-ring (bicyclic) bond motifs is 1. The zero-order chi connectivity index (χ0) is 16.4. The van der Waals surface area contributed by atoms with Crippen LogP contribution in [0.3, 0.4) is 0 Å². The second kappa shape index (κ2) is 5.72. The third-order valence-electron chi connectivity index (χ3n) is 3.24. The Morgan fingerprint density at radius 2 is 1.91 bits per heavy atom. The third kappa shape index (κ3) is 3.08. The number of H-pyrrole nitrogens is 1. The summed E-state index contributed by atoms with van der Waals surface area (Å²) >= 11 is 0. The number of nitro benzene ring substituents is 1. The highest BCUT2D eigenvalue weighted by Gasteiger charge is 2.07. The normalized spacial score (nSPS) is 11.1. The van der Waals surface area contributed by atoms with Gasteiger partial charge in [0.2, 0.25) is 0 Å². The molecule has 23 heavy (non-hydrogen) atoms. The van der Waals surface area contributed by atoms with Crippen molar-refractivity contribution < 1.29 is 14.1 Å². The lowest BCUT2D eigenvalue weighted by Crippen LogP contribution is -1.93. The minimum Gasteiger partial charge on any atom is -0.408 e. The molecule has 3 aromatic rings. The summed E-state index contributed by atoms with van der Waals surface area (Å²) in [5.74, 6) is -0.847. The van der Waals surface area contributed by atoms with Gasteiger partial charge in [-0.1, -0.05) is 6.08 Å². The van der Waals surface area contributed by atoms with Crippen LogP contribution in [0.4, 0.5) is 5.69 Å². The second-order valence-electron chi connectivity index (χ2n) is 4.77. The van der Waals surface area contributed by atoms with Gasteiger partial charge in [0, 0.05) is 17.7 Å². The van der Waals surface area contributed by atoms with Crippen molar-refractivity contribution in [3.63, 3.8) is 0 Å². The highest BCUT2D eigenvalue weighted by atomic mass is 16.6. The SMILES string of the molecule is O=C(/C=C/c1ccc([N+](=O)[O-])cc1)c1ccc2[nH]c(=O)oc2c1. The first-order valence-corrected chi connectivity index (χ1v) is 6.63. The van der Waals surface area contributed by atoms with Crippen molar-refractivity contribution in [2.45, 2.75) is 0 Å². The fraction of sp³-hybridized carbons (Fsp3) is 0. The van der Waals surface area contributed by atoms with Gasteiger partial charge < -0.3 is 4.42 Å². The van der Waals surface area contributed by atoms with E-state index in [0.717, 1.165) is 0 Å². The van der Waals surface area contributed by atoms with Gasteiger partial charge in [-0.3, -0.25) is 19.9 Å². The zero-order valence-electron chi connectivity index (χ0n) is 11.7. The quantitative estimate of drug-likeness (QED) is 0.345. The molecule has 2 aromatic carbocycles. The smallest absolute Gasteiger partial charge is 0.408 e. The summed E-state index contributed by atoms with van der Waals surface area (Å²) in [6, 6.07) is 10.5. The fourth-order valence-corrected chi connectivity index (χ4v) is 2.07. The van der Waals surface area contributed by atoms with Crippen LogP contribution < -0.4 is 5.76 Å². The van der Waals surface area contributed by atoms with Crippen LogP contribution in [0.25, 0.3) is 17.2 Å². The lowest BCUT2D eigenvalue weighted by molar-refractivity contribution is -0.384. The molecule has 7 heteroatoms. The predicted molar refractivity (Wildman–Crippen MR) is 83.3 cm³/mol. The van der Waals surface area contributed by atoms with Crippen molar-refractivity contribution in [2.75, 3.05) is 0 Å². The van der Waals surface area contributed by atoms with Gasteiger partial charge in [0.15, 0.2) is 11.4 Å². The van der Waals surface area contributed by atoms with E-state index in [2.05, 4.69) is 4.98 Å². The lowest BCUT2D eigenvalue weighted by atomic mass is 10.1. The first kappa shape index (κ1) is 14.5. The van der Waals surface area contributed by atoms with Gasteiger partial charge >= 0.3 is 5.76 Å². The molecular weight excluding hydrogens is 300 g/mol. The number of nitrogens with one attached hydrogen (secondary N) is 1. The molecular formula is C16H10N2O5. The van der Waals surface area contributed by atoms with Crippen LogP contribution in [-0.4, -0.2) is 15.7 Å². The van der Waals surface area contributed by atoms with Crippen molar-refractivity contribution in [3.8, 4) is 0 Å². The molecule has 1 aromatic heterocycles. The molecule has 0 aliphatic heterocycles. The number of benzene rings is 2. The van der Waals surface area contributed by atoms with E-state index >= 15 is 0 Å². The molecule has 1 N–H and O–H groups in total. The Hall–Kier alpha value is -3.48. The van der Waals surface area contributed by atoms with Gasteiger partial charge in [-0.05, 0) is 42.0 Å². The molecule has 0 saturated carbocycles. The van der Waals surface area contributed by atoms with E-state index in [4.69, 9.17) is 4.42 Å². The van der Waals surface area contributed by atoms with Crippen LogP contribution >= 0.6 is 0 Å². The Morgan fingerprint density at radius 1 is 1.17 bits per heavy atom. The van der Waals surface area contributed by atoms with E-state index in [-0.39, 0.29) is 11.5 Å². The van der Waals surface area contributed by atoms with Gasteiger partial charge in [-0.25, -0.2) is 4.79 Å². The molecule has 1 heterocycles. The monoisotopic (exact) mass is 310 g/mol. The molecule has 3 rings (SSSR count). The molecule has 0 bridgehead atoms. The van der Waals surface area contributed by atoms with Crippen molar-refractivity contribution in [2.24, 2.45) is 0 Å². The molecule has 0 radical (unpaired) electrons. The Labute approximate surface area is 129 Å². The average Bonchev–Trinajstić information content (AvgIpc) is 2.92. The summed E-state index contributed by atoms with van der Waals surface area (Å²) < 4.78 is 4.91. The number of allylic oxidation sites excluding steroid dienone is 1. The van der Waals surface area contributed by atoms with Gasteiger partial charge in [0.25, 0.3) is 5.69 Å². The van der Waals surface area contributed by atoms with Crippen LogP contribution in [0.15, 0.2) is 57.8 Å². The van der Waals surface area contributed by atoms with Crippen LogP contribution in [0.1, 0.15) is 15.9 Å². The number of nitrogens with zero attached hydrogens (tertiary/aromatic N) is 1. The number of nitro groups is 1. The predicted octanol–water partition coefficient (Wildman–Crippen LogP) is 2.93. The minimum atomic E-state index is -0.578. The Morgan fingerprint density at radius 3 is 2.61 bits per heavy atom. The lowest BCUT2D eigenvalue weighted by Gasteiger charge is -1.96. The van der Waals surface area contributed by atoms with Gasteiger partial charge in [-0.15, -0.1) is 0 Å². The van der Waals surface area contributed by atoms with Gasteiger partial charge in [0.1, 0.15) is 0 Å². The highest BCUT2D eigenvalue weighted by Crippen LogP contribution is 2.15. The Kier molecular flexibility index (Phi) is 3.60. The number of carbonyl (C=O) groups is 1. The number of hydrogen-bond donors (Lipinski definition) is 1. The van der Waals surface area contributed by atoms with Crippen LogP contribution in [0.2, 0.25) is 0 Å². The van der Waals surface area contributed by atoms with Gasteiger partial charge in [0.05, 0.1) is 10.4 Å². The molecule has 0 aliphatic rings. The molecule has 0 aliphatic carbocycles. The van der Waals surface area contributed by atoms with E-state index in [0.29, 0.717) is 22.2 Å². The number of ketones is 1. The molecule has 0 amide bonds. The number of hydrogen-bond acceptors (Lipinski definition) is 5. The van der Waals surface area contributed by atoms with Crippen molar-refractivity contribution >= 4 is 28.6 Å². The Balaban J connectivity index is 1.81. The van der Waals surface area contributed by atoms with Crippen molar-refractivity contribution in [1.29, 1.82) is 0 Å². The number of oxazole rings is 1. The first-order valence-electron chi connectivity index (χ1n) is 6.63. The van der Waals surface area contributed by atoms with E-state index in [1.165, 1.54) is 24.3 Å². The topological polar surface area (TPSA) is 106 Å². The summed E-state index contributed by atoms with van der Waals surface area (Å²) in [5.41, 5.74) is 1.86. The van der Waals surface area contributed by atoms with Crippen molar-refractivity contribution in [3.05, 3.63) is 80.3 Å². The first-order chi connectivity index (χ1) is 11.0. The number of aromatic nitrogens is 1. The average molecular weight is 310 g/mol. The number of non-ortho nitro benzene ring substituents is 1. The fourth-order valence-electron chi connectivity index (χ4n) is 2.07. The van der Waals surface area contributed by atoms with E-state index < -0.39 is 10.7 Å². The number of carbonyl (C=O) groups excluding carboxylic acids is 1. The maximum Gasteiger partial charge on any atom is 0.417 e. The molecule has 114 valence electrons. The summed E-state index contributed by atoms with van der Waals surface area (Å²) in [6.45, 7) is 0. The number of rotatable bonds is 4. The summed E-state index contributed by atoms with van der Waals surface area (Å²) in [7, 11) is 0. The van der Waals surface area contributed by atoms with E-state index in [1.54, 1.807) is 30.3 Å². The van der Waals surface area contributed by atoms with Gasteiger partial charge in [-0.2, -0.15) is 0 Å². The summed E-state index contributed by atoms with van der Waals surface area (Å²) in [5, 5.41) is 10.6. The minimum absolute atomic E-state index is 0.0126. The van der Waals surface area contributed by atoms with Crippen LogP contribution in [0.5, 0.6) is 0 Å². The second-order valence-corrected chi connectivity index (χ2v) is 4.77. The molecule has 0 saturated heterocycles. The third-order valence-corrected chi connectivity index (χ3v) is 3.24. The zero-order valence-corrected chi connectivity index (χ0v) is 11.7. The molecule has 0 fully saturated rings. The summed E-state index contributed by atoms with van der Waals surface area (Å²) in [4.78, 5) is 35.8. The molecule has 0 atom stereocenters. The van der Waals surface area contributed by atoms with Crippen LogP contribution in [-0.2, 0) is 0 Å². The highest BCUT2D eigenvalue weighted by molar-refractivity contribution is 6.08. The maximum atomic E-state index is 12.1. The van der Waals surface area contributed by atoms with E-state index in [9.17, 15) is 19.7 Å². The largest absolute Gasteiger partial charge is 0.417 e. The molecule has 7 nitrogen and oxygen atoms in total. The summed E-state index contributed by atoms with van der Waals surface area (Å²) in [6.07, 6.45) is 2.91. The molecule has 0 unspecified atom stereocenters. The van der Waals surface area contributed by atoms with Crippen LogP contribution in [0, 0.1) is 10.1 Å². The maximum absolute atomic E-state index is 12.1.